The summed E-state index contributed by atoms with van der Waals surface area (Å²) in [5, 5.41) is 0. The van der Waals surface area contributed by atoms with Gasteiger partial charge in [-0.15, -0.1) is 0 Å². The molecule has 5 heteroatoms. The van der Waals surface area contributed by atoms with Crippen molar-refractivity contribution in [1.82, 2.24) is 0 Å². The van der Waals surface area contributed by atoms with Crippen LogP contribution in [0.4, 0.5) is 0 Å². The molecular formula is C19H26O5. The molecule has 1 aromatic rings. The summed E-state index contributed by atoms with van der Waals surface area (Å²) in [5.74, 6) is 2.40. The van der Waals surface area contributed by atoms with Gasteiger partial charge in [0.15, 0.2) is 11.5 Å². The van der Waals surface area contributed by atoms with E-state index in [0.717, 1.165) is 41.0 Å². The molecule has 0 unspecified atom stereocenters. The molecule has 0 N–H and O–H groups in total. The Hall–Kier alpha value is -1.91. The van der Waals surface area contributed by atoms with Crippen LogP contribution < -0.4 is 14.2 Å². The zero-order valence-electron chi connectivity index (χ0n) is 15.3. The Labute approximate surface area is 143 Å². The van der Waals surface area contributed by atoms with E-state index >= 15 is 0 Å². The zero-order valence-corrected chi connectivity index (χ0v) is 15.3. The van der Waals surface area contributed by atoms with Crippen molar-refractivity contribution in [3.63, 3.8) is 0 Å². The third-order valence-electron chi connectivity index (χ3n) is 5.67. The largest absolute Gasteiger partial charge is 0.496 e. The van der Waals surface area contributed by atoms with Gasteiger partial charge in [-0.05, 0) is 25.7 Å². The zero-order chi connectivity index (χ0) is 17.6. The number of ether oxygens (including phenoxy) is 4. The Morgan fingerprint density at radius 1 is 1.04 bits per heavy atom. The predicted octanol–water partition coefficient (Wildman–Crippen LogP) is 3.70. The molecular weight excluding hydrogens is 308 g/mol. The van der Waals surface area contributed by atoms with Crippen LogP contribution in [0.2, 0.25) is 0 Å². The summed E-state index contributed by atoms with van der Waals surface area (Å²) in [5.41, 5.74) is 2.26. The van der Waals surface area contributed by atoms with E-state index in [9.17, 15) is 4.79 Å². The Balaban J connectivity index is 2.40. The van der Waals surface area contributed by atoms with Crippen molar-refractivity contribution in [3.8, 4) is 17.2 Å². The summed E-state index contributed by atoms with van der Waals surface area (Å²) < 4.78 is 23.0. The molecule has 24 heavy (non-hydrogen) atoms. The molecule has 0 saturated carbocycles. The number of carbonyl (C=O) groups is 1. The lowest BCUT2D eigenvalue weighted by molar-refractivity contribution is -0.152. The van der Waals surface area contributed by atoms with Gasteiger partial charge in [0.2, 0.25) is 0 Å². The minimum Gasteiger partial charge on any atom is -0.496 e. The van der Waals surface area contributed by atoms with Crippen LogP contribution >= 0.6 is 0 Å². The summed E-state index contributed by atoms with van der Waals surface area (Å²) in [6.07, 6.45) is 2.17. The van der Waals surface area contributed by atoms with Crippen molar-refractivity contribution >= 4 is 5.97 Å². The quantitative estimate of drug-likeness (QED) is 0.789. The van der Waals surface area contributed by atoms with E-state index in [-0.39, 0.29) is 17.8 Å². The number of benzene rings is 1. The standard InChI is InChI=1S/C19H26O5/c1-10-7-8-19(11(2)9-13(20)24-19)15-14(10)18(23-6)17(22-5)12(3)16(15)21-4/h10-11H,7-9H2,1-6H3/t10-,11-,19+/m0/s1. The van der Waals surface area contributed by atoms with Crippen LogP contribution in [0.15, 0.2) is 0 Å². The Morgan fingerprint density at radius 2 is 1.67 bits per heavy atom. The van der Waals surface area contributed by atoms with Crippen molar-refractivity contribution in [2.45, 2.75) is 51.6 Å². The minimum absolute atomic E-state index is 0.0997. The highest BCUT2D eigenvalue weighted by Crippen LogP contribution is 2.60. The molecule has 1 aromatic carbocycles. The van der Waals surface area contributed by atoms with Crippen molar-refractivity contribution in [1.29, 1.82) is 0 Å². The van der Waals surface area contributed by atoms with Crippen molar-refractivity contribution in [2.75, 3.05) is 21.3 Å². The van der Waals surface area contributed by atoms with E-state index in [2.05, 4.69) is 13.8 Å². The van der Waals surface area contributed by atoms with E-state index in [1.165, 1.54) is 0 Å². The molecule has 132 valence electrons. The van der Waals surface area contributed by atoms with E-state index in [1.807, 2.05) is 6.92 Å². The second kappa shape index (κ2) is 5.87. The number of carbonyl (C=O) groups excluding carboxylic acids is 1. The SMILES string of the molecule is COc1c(C)c(OC)c2c(c1OC)[C@@H](C)CC[C@]21OC(=O)C[C@@H]1C. The minimum atomic E-state index is -0.630. The second-order valence-electron chi connectivity index (χ2n) is 6.92. The topological polar surface area (TPSA) is 54.0 Å². The molecule has 0 radical (unpaired) electrons. The van der Waals surface area contributed by atoms with Crippen LogP contribution in [0.25, 0.3) is 0 Å². The van der Waals surface area contributed by atoms with E-state index in [0.29, 0.717) is 12.2 Å². The first-order valence-electron chi connectivity index (χ1n) is 8.46. The lowest BCUT2D eigenvalue weighted by Gasteiger charge is -2.42. The third kappa shape index (κ3) is 2.10. The molecule has 3 atom stereocenters. The van der Waals surface area contributed by atoms with Crippen LogP contribution in [0.3, 0.4) is 0 Å². The van der Waals surface area contributed by atoms with Gasteiger partial charge in [-0.25, -0.2) is 0 Å². The molecule has 0 aromatic heterocycles. The van der Waals surface area contributed by atoms with Crippen LogP contribution in [0.1, 0.15) is 55.7 Å². The van der Waals surface area contributed by atoms with Gasteiger partial charge in [-0.1, -0.05) is 13.8 Å². The molecule has 3 rings (SSSR count). The summed E-state index contributed by atoms with van der Waals surface area (Å²) in [4.78, 5) is 12.1. The fourth-order valence-corrected chi connectivity index (χ4v) is 4.47. The first-order valence-corrected chi connectivity index (χ1v) is 8.46. The van der Waals surface area contributed by atoms with E-state index in [4.69, 9.17) is 18.9 Å². The Morgan fingerprint density at radius 3 is 2.17 bits per heavy atom. The second-order valence-corrected chi connectivity index (χ2v) is 6.92. The maximum absolute atomic E-state index is 12.1. The summed E-state index contributed by atoms with van der Waals surface area (Å²) >= 11 is 0. The van der Waals surface area contributed by atoms with Crippen LogP contribution in [0.5, 0.6) is 17.2 Å². The van der Waals surface area contributed by atoms with Crippen LogP contribution in [-0.4, -0.2) is 27.3 Å². The van der Waals surface area contributed by atoms with Gasteiger partial charge < -0.3 is 18.9 Å². The Kier molecular flexibility index (Phi) is 4.14. The first kappa shape index (κ1) is 16.9. The van der Waals surface area contributed by atoms with E-state index in [1.54, 1.807) is 21.3 Å². The molecule has 1 aliphatic carbocycles. The molecule has 1 saturated heterocycles. The highest BCUT2D eigenvalue weighted by molar-refractivity contribution is 5.75. The van der Waals surface area contributed by atoms with Gasteiger partial charge in [0.05, 0.1) is 27.8 Å². The number of rotatable bonds is 3. The monoisotopic (exact) mass is 334 g/mol. The van der Waals surface area contributed by atoms with Gasteiger partial charge in [0.1, 0.15) is 11.4 Å². The summed E-state index contributed by atoms with van der Waals surface area (Å²) in [6, 6.07) is 0. The van der Waals surface area contributed by atoms with Crippen molar-refractivity contribution < 1.29 is 23.7 Å². The Bertz CT molecular complexity index is 681. The fraction of sp³-hybridized carbons (Fsp3) is 0.632. The molecule has 0 bridgehead atoms. The lowest BCUT2D eigenvalue weighted by Crippen LogP contribution is -2.37. The van der Waals surface area contributed by atoms with Crippen molar-refractivity contribution in [3.05, 3.63) is 16.7 Å². The molecule has 1 aliphatic heterocycles. The highest BCUT2D eigenvalue weighted by Gasteiger charge is 2.54. The fourth-order valence-electron chi connectivity index (χ4n) is 4.47. The van der Waals surface area contributed by atoms with Gasteiger partial charge in [-0.2, -0.15) is 0 Å². The van der Waals surface area contributed by atoms with Gasteiger partial charge in [0.25, 0.3) is 0 Å². The number of hydrogen-bond acceptors (Lipinski definition) is 5. The molecule has 1 heterocycles. The number of hydrogen-bond donors (Lipinski definition) is 0. The molecule has 5 nitrogen and oxygen atoms in total. The molecule has 1 spiro atoms. The van der Waals surface area contributed by atoms with Crippen molar-refractivity contribution in [2.24, 2.45) is 5.92 Å². The molecule has 0 amide bonds. The normalized spacial score (nSPS) is 28.5. The third-order valence-corrected chi connectivity index (χ3v) is 5.67. The number of esters is 1. The van der Waals surface area contributed by atoms with Gasteiger partial charge in [0, 0.05) is 22.6 Å². The maximum Gasteiger partial charge on any atom is 0.307 e. The number of methoxy groups -OCH3 is 3. The highest BCUT2D eigenvalue weighted by atomic mass is 16.6. The number of fused-ring (bicyclic) bond motifs is 2. The van der Waals surface area contributed by atoms with Gasteiger partial charge in [-0.3, -0.25) is 4.79 Å². The van der Waals surface area contributed by atoms with E-state index < -0.39 is 5.60 Å². The summed E-state index contributed by atoms with van der Waals surface area (Å²) in [6.45, 7) is 6.20. The summed E-state index contributed by atoms with van der Waals surface area (Å²) in [7, 11) is 4.95. The van der Waals surface area contributed by atoms with Crippen LogP contribution in [-0.2, 0) is 15.1 Å². The maximum atomic E-state index is 12.1. The molecule has 2 aliphatic rings. The lowest BCUT2D eigenvalue weighted by atomic mass is 9.68. The first-order chi connectivity index (χ1) is 11.4. The van der Waals surface area contributed by atoms with Gasteiger partial charge >= 0.3 is 5.97 Å². The average molecular weight is 334 g/mol. The average Bonchev–Trinajstić information content (AvgIpc) is 2.84. The molecule has 1 fully saturated rings. The smallest absolute Gasteiger partial charge is 0.307 e. The predicted molar refractivity (Wildman–Crippen MR) is 90.0 cm³/mol. The van der Waals surface area contributed by atoms with Crippen LogP contribution in [0, 0.1) is 12.8 Å².